The summed E-state index contributed by atoms with van der Waals surface area (Å²) in [7, 11) is 0. The molecule has 0 unspecified atom stereocenters. The van der Waals surface area contributed by atoms with Crippen molar-refractivity contribution < 1.29 is 0 Å². The molecular formula is C6H7ClN2. The van der Waals surface area contributed by atoms with Crippen LogP contribution in [0.5, 0.6) is 0 Å². The smallest absolute Gasteiger partial charge is 0.121 e. The molecule has 1 aromatic rings. The Labute approximate surface area is 58.9 Å². The standard InChI is InChI=1S/C6H7ClN2/c1-3-6-4-9(7)5(2)8-6/h3-4H,1H2,2H3. The summed E-state index contributed by atoms with van der Waals surface area (Å²) in [4.78, 5) is 4.04. The van der Waals surface area contributed by atoms with Crippen molar-refractivity contribution in [1.29, 1.82) is 0 Å². The van der Waals surface area contributed by atoms with E-state index in [9.17, 15) is 0 Å². The molecular weight excluding hydrogens is 136 g/mol. The first-order chi connectivity index (χ1) is 4.24. The summed E-state index contributed by atoms with van der Waals surface area (Å²) in [5.74, 6) is 0.784. The Bertz CT molecular complexity index is 207. The highest BCUT2D eigenvalue weighted by Gasteiger charge is 1.95. The molecule has 0 atom stereocenters. The fourth-order valence-electron chi connectivity index (χ4n) is 0.571. The molecule has 0 aliphatic heterocycles. The maximum absolute atomic E-state index is 5.61. The average Bonchev–Trinajstić information content (AvgIpc) is 2.13. The lowest BCUT2D eigenvalue weighted by atomic mass is 10.5. The van der Waals surface area contributed by atoms with Gasteiger partial charge in [-0.2, -0.15) is 0 Å². The SMILES string of the molecule is C=Cc1cn(Cl)c(C)n1. The third kappa shape index (κ3) is 1.13. The Balaban J connectivity index is 3.11. The van der Waals surface area contributed by atoms with Crippen LogP contribution in [0, 0.1) is 6.92 Å². The van der Waals surface area contributed by atoms with Crippen LogP contribution >= 0.6 is 11.8 Å². The molecule has 2 nitrogen and oxygen atoms in total. The highest BCUT2D eigenvalue weighted by atomic mass is 35.5. The molecule has 0 saturated heterocycles. The highest BCUT2D eigenvalue weighted by molar-refractivity contribution is 6.15. The van der Waals surface area contributed by atoms with Gasteiger partial charge in [-0.15, -0.1) is 0 Å². The number of nitrogens with zero attached hydrogens (tertiary/aromatic N) is 2. The predicted molar refractivity (Wildman–Crippen MR) is 38.3 cm³/mol. The van der Waals surface area contributed by atoms with Crippen molar-refractivity contribution in [3.63, 3.8) is 0 Å². The molecule has 0 aliphatic carbocycles. The average molecular weight is 143 g/mol. The third-order valence-corrected chi connectivity index (χ3v) is 1.40. The number of aromatic nitrogens is 2. The van der Waals surface area contributed by atoms with Gasteiger partial charge in [-0.1, -0.05) is 6.58 Å². The molecule has 0 aromatic carbocycles. The molecule has 0 bridgehead atoms. The monoisotopic (exact) mass is 142 g/mol. The molecule has 9 heavy (non-hydrogen) atoms. The van der Waals surface area contributed by atoms with Crippen LogP contribution in [0.2, 0.25) is 0 Å². The fourth-order valence-corrected chi connectivity index (χ4v) is 0.709. The van der Waals surface area contributed by atoms with Gasteiger partial charge in [-0.05, 0) is 13.0 Å². The van der Waals surface area contributed by atoms with Gasteiger partial charge in [0.15, 0.2) is 0 Å². The number of rotatable bonds is 1. The first-order valence-corrected chi connectivity index (χ1v) is 2.92. The van der Waals surface area contributed by atoms with Gasteiger partial charge in [0.25, 0.3) is 0 Å². The van der Waals surface area contributed by atoms with E-state index in [2.05, 4.69) is 11.6 Å². The summed E-state index contributed by atoms with van der Waals surface area (Å²) in [6.45, 7) is 5.38. The van der Waals surface area contributed by atoms with Gasteiger partial charge in [0.05, 0.1) is 5.69 Å². The number of aryl methyl sites for hydroxylation is 1. The number of halogens is 1. The molecule has 1 aromatic heterocycles. The van der Waals surface area contributed by atoms with E-state index in [0.29, 0.717) is 0 Å². The topological polar surface area (TPSA) is 17.8 Å². The zero-order valence-electron chi connectivity index (χ0n) is 5.13. The highest BCUT2D eigenvalue weighted by Crippen LogP contribution is 2.03. The van der Waals surface area contributed by atoms with Gasteiger partial charge in [0.1, 0.15) is 5.82 Å². The second-order valence-electron chi connectivity index (χ2n) is 1.73. The maximum Gasteiger partial charge on any atom is 0.121 e. The van der Waals surface area contributed by atoms with E-state index < -0.39 is 0 Å². The minimum Gasteiger partial charge on any atom is -0.245 e. The van der Waals surface area contributed by atoms with Crippen molar-refractivity contribution in [2.45, 2.75) is 6.92 Å². The van der Waals surface area contributed by atoms with Gasteiger partial charge in [-0.3, -0.25) is 0 Å². The minimum absolute atomic E-state index is 0.784. The first kappa shape index (κ1) is 6.36. The van der Waals surface area contributed by atoms with Crippen molar-refractivity contribution in [3.05, 3.63) is 24.3 Å². The van der Waals surface area contributed by atoms with Gasteiger partial charge >= 0.3 is 0 Å². The first-order valence-electron chi connectivity index (χ1n) is 2.58. The number of imidazole rings is 1. The second-order valence-corrected chi connectivity index (χ2v) is 2.09. The van der Waals surface area contributed by atoms with Crippen LogP contribution in [-0.2, 0) is 0 Å². The van der Waals surface area contributed by atoms with Crippen molar-refractivity contribution in [3.8, 4) is 0 Å². The van der Waals surface area contributed by atoms with Crippen molar-refractivity contribution in [2.75, 3.05) is 0 Å². The summed E-state index contributed by atoms with van der Waals surface area (Å²) in [5, 5.41) is 0. The lowest BCUT2D eigenvalue weighted by Gasteiger charge is -1.82. The summed E-state index contributed by atoms with van der Waals surface area (Å²) < 4.78 is 1.44. The fraction of sp³-hybridized carbons (Fsp3) is 0.167. The Morgan fingerprint density at radius 1 is 1.89 bits per heavy atom. The molecule has 0 amide bonds. The molecule has 0 saturated carbocycles. The predicted octanol–water partition coefficient (Wildman–Crippen LogP) is 1.84. The molecule has 0 fully saturated rings. The zero-order valence-corrected chi connectivity index (χ0v) is 5.89. The Morgan fingerprint density at radius 3 is 2.78 bits per heavy atom. The number of hydrogen-bond acceptors (Lipinski definition) is 1. The minimum atomic E-state index is 0.784. The van der Waals surface area contributed by atoms with E-state index in [1.807, 2.05) is 6.92 Å². The quantitative estimate of drug-likeness (QED) is 0.585. The summed E-state index contributed by atoms with van der Waals surface area (Å²) in [6.07, 6.45) is 3.37. The molecule has 0 N–H and O–H groups in total. The van der Waals surface area contributed by atoms with Crippen LogP contribution in [-0.4, -0.2) is 9.07 Å². The van der Waals surface area contributed by atoms with Crippen LogP contribution < -0.4 is 0 Å². The van der Waals surface area contributed by atoms with E-state index in [1.165, 1.54) is 4.09 Å². The third-order valence-electron chi connectivity index (χ3n) is 1.05. The van der Waals surface area contributed by atoms with Crippen LogP contribution in [0.25, 0.3) is 6.08 Å². The van der Waals surface area contributed by atoms with E-state index in [0.717, 1.165) is 11.5 Å². The summed E-state index contributed by atoms with van der Waals surface area (Å²) >= 11 is 5.61. The van der Waals surface area contributed by atoms with Crippen molar-refractivity contribution >= 4 is 17.9 Å². The zero-order chi connectivity index (χ0) is 6.85. The Morgan fingerprint density at radius 2 is 2.56 bits per heavy atom. The molecule has 0 aliphatic rings. The molecule has 3 heteroatoms. The normalized spacial score (nSPS) is 9.56. The Hall–Kier alpha value is -0.760. The van der Waals surface area contributed by atoms with Crippen LogP contribution in [0.3, 0.4) is 0 Å². The van der Waals surface area contributed by atoms with Gasteiger partial charge in [-0.25, -0.2) is 9.07 Å². The van der Waals surface area contributed by atoms with E-state index in [-0.39, 0.29) is 0 Å². The molecule has 48 valence electrons. The Kier molecular flexibility index (Phi) is 1.58. The van der Waals surface area contributed by atoms with Crippen LogP contribution in [0.1, 0.15) is 11.5 Å². The summed E-state index contributed by atoms with van der Waals surface area (Å²) in [6, 6.07) is 0. The molecule has 0 radical (unpaired) electrons. The molecule has 0 spiro atoms. The lowest BCUT2D eigenvalue weighted by Crippen LogP contribution is -1.79. The summed E-state index contributed by atoms with van der Waals surface area (Å²) in [5.41, 5.74) is 0.808. The largest absolute Gasteiger partial charge is 0.245 e. The van der Waals surface area contributed by atoms with E-state index >= 15 is 0 Å². The van der Waals surface area contributed by atoms with Crippen molar-refractivity contribution in [2.24, 2.45) is 0 Å². The van der Waals surface area contributed by atoms with E-state index in [1.54, 1.807) is 12.3 Å². The molecule has 1 rings (SSSR count). The number of hydrogen-bond donors (Lipinski definition) is 0. The van der Waals surface area contributed by atoms with E-state index in [4.69, 9.17) is 11.8 Å². The maximum atomic E-state index is 5.61. The van der Waals surface area contributed by atoms with Gasteiger partial charge < -0.3 is 0 Å². The molecule has 1 heterocycles. The van der Waals surface area contributed by atoms with Gasteiger partial charge in [0.2, 0.25) is 0 Å². The van der Waals surface area contributed by atoms with Crippen LogP contribution in [0.15, 0.2) is 12.8 Å². The second kappa shape index (κ2) is 2.23. The lowest BCUT2D eigenvalue weighted by molar-refractivity contribution is 1.08. The van der Waals surface area contributed by atoms with Crippen molar-refractivity contribution in [1.82, 2.24) is 9.07 Å². The van der Waals surface area contributed by atoms with Crippen LogP contribution in [0.4, 0.5) is 0 Å². The van der Waals surface area contributed by atoms with Gasteiger partial charge in [0, 0.05) is 18.0 Å².